The first-order valence-corrected chi connectivity index (χ1v) is 5.53. The van der Waals surface area contributed by atoms with Crippen LogP contribution in [0, 0.1) is 0 Å². The van der Waals surface area contributed by atoms with Gasteiger partial charge in [0.05, 0.1) is 6.61 Å². The van der Waals surface area contributed by atoms with Crippen LogP contribution in [-0.2, 0) is 11.3 Å². The van der Waals surface area contributed by atoms with E-state index in [1.54, 1.807) is 7.11 Å². The summed E-state index contributed by atoms with van der Waals surface area (Å²) < 4.78 is 5.26. The van der Waals surface area contributed by atoms with E-state index in [2.05, 4.69) is 43.3 Å². The predicted octanol–water partition coefficient (Wildman–Crippen LogP) is 3.86. The quantitative estimate of drug-likeness (QED) is 0.731. The smallest absolute Gasteiger partial charge is 0.0719 e. The van der Waals surface area contributed by atoms with Gasteiger partial charge >= 0.3 is 0 Å². The first-order valence-electron chi connectivity index (χ1n) is 5.53. The maximum absolute atomic E-state index is 5.26. The normalized spacial score (nSPS) is 13.2. The van der Waals surface area contributed by atoms with Crippen LogP contribution in [0.5, 0.6) is 0 Å². The molecular formula is C15H14O. The molecule has 0 unspecified atom stereocenters. The van der Waals surface area contributed by atoms with E-state index in [4.69, 9.17) is 4.74 Å². The van der Waals surface area contributed by atoms with Gasteiger partial charge in [-0.15, -0.1) is 0 Å². The van der Waals surface area contributed by atoms with Gasteiger partial charge in [0.1, 0.15) is 0 Å². The molecule has 0 aliphatic heterocycles. The molecule has 1 aliphatic rings. The van der Waals surface area contributed by atoms with Gasteiger partial charge in [-0.3, -0.25) is 0 Å². The fourth-order valence-corrected chi connectivity index (χ4v) is 2.60. The zero-order valence-electron chi connectivity index (χ0n) is 9.58. The Morgan fingerprint density at radius 3 is 2.81 bits per heavy atom. The third-order valence-corrected chi connectivity index (χ3v) is 3.23. The van der Waals surface area contributed by atoms with Crippen molar-refractivity contribution < 1.29 is 4.74 Å². The molecule has 1 aliphatic carbocycles. The van der Waals surface area contributed by atoms with Crippen LogP contribution in [-0.4, -0.2) is 7.11 Å². The Labute approximate surface area is 95.4 Å². The van der Waals surface area contributed by atoms with E-state index in [0.717, 1.165) is 0 Å². The highest BCUT2D eigenvalue weighted by molar-refractivity contribution is 6.09. The summed E-state index contributed by atoms with van der Waals surface area (Å²) in [5.74, 6) is 0. The van der Waals surface area contributed by atoms with Crippen molar-refractivity contribution >= 4 is 22.4 Å². The van der Waals surface area contributed by atoms with Crippen LogP contribution < -0.4 is 0 Å². The van der Waals surface area contributed by atoms with E-state index < -0.39 is 0 Å². The van der Waals surface area contributed by atoms with Crippen molar-refractivity contribution in [3.8, 4) is 0 Å². The average molecular weight is 210 g/mol. The highest BCUT2D eigenvalue weighted by atomic mass is 16.5. The van der Waals surface area contributed by atoms with Crippen molar-refractivity contribution in [3.05, 3.63) is 47.0 Å². The molecular weight excluding hydrogens is 196 g/mol. The highest BCUT2D eigenvalue weighted by Gasteiger charge is 2.16. The molecule has 1 heteroatoms. The molecule has 0 spiro atoms. The average Bonchev–Trinajstić information content (AvgIpc) is 2.62. The standard InChI is InChI=1S/C15H14O/c1-10-8-12-5-3-4-11-6-7-13(9-16-2)14(10)15(11)12/h3-8H,9H2,1-2H3. The van der Waals surface area contributed by atoms with Crippen molar-refractivity contribution in [1.82, 2.24) is 0 Å². The summed E-state index contributed by atoms with van der Waals surface area (Å²) in [6.45, 7) is 2.86. The van der Waals surface area contributed by atoms with E-state index >= 15 is 0 Å². The highest BCUT2D eigenvalue weighted by Crippen LogP contribution is 2.38. The Bertz CT molecular complexity index is 594. The molecule has 0 saturated heterocycles. The molecule has 2 aromatic rings. The molecule has 0 saturated carbocycles. The van der Waals surface area contributed by atoms with Crippen molar-refractivity contribution in [2.45, 2.75) is 13.5 Å². The third kappa shape index (κ3) is 1.22. The second kappa shape index (κ2) is 3.46. The molecule has 16 heavy (non-hydrogen) atoms. The molecule has 3 rings (SSSR count). The van der Waals surface area contributed by atoms with Crippen molar-refractivity contribution in [1.29, 1.82) is 0 Å². The number of allylic oxidation sites excluding steroid dienone is 1. The van der Waals surface area contributed by atoms with Gasteiger partial charge in [0.25, 0.3) is 0 Å². The molecule has 1 nitrogen and oxygen atoms in total. The lowest BCUT2D eigenvalue weighted by Crippen LogP contribution is -1.93. The number of ether oxygens (including phenoxy) is 1. The number of hydrogen-bond acceptors (Lipinski definition) is 1. The number of rotatable bonds is 2. The van der Waals surface area contributed by atoms with E-state index in [0.29, 0.717) is 6.61 Å². The van der Waals surface area contributed by atoms with Gasteiger partial charge in [0.15, 0.2) is 0 Å². The SMILES string of the molecule is COCc1ccc2cccc3c2c1C(C)=C3. The van der Waals surface area contributed by atoms with Crippen LogP contribution in [0.1, 0.15) is 23.6 Å². The van der Waals surface area contributed by atoms with Gasteiger partial charge in [-0.1, -0.05) is 36.4 Å². The summed E-state index contributed by atoms with van der Waals surface area (Å²) in [5.41, 5.74) is 5.34. The van der Waals surface area contributed by atoms with E-state index in [-0.39, 0.29) is 0 Å². The van der Waals surface area contributed by atoms with Gasteiger partial charge in [-0.25, -0.2) is 0 Å². The van der Waals surface area contributed by atoms with E-state index in [9.17, 15) is 0 Å². The molecule has 0 heterocycles. The minimum Gasteiger partial charge on any atom is -0.380 e. The van der Waals surface area contributed by atoms with Crippen molar-refractivity contribution in [3.63, 3.8) is 0 Å². The maximum atomic E-state index is 5.26. The van der Waals surface area contributed by atoms with Crippen LogP contribution in [0.15, 0.2) is 30.3 Å². The third-order valence-electron chi connectivity index (χ3n) is 3.23. The molecule has 0 N–H and O–H groups in total. The number of benzene rings is 2. The van der Waals surface area contributed by atoms with Crippen LogP contribution in [0.4, 0.5) is 0 Å². The number of methoxy groups -OCH3 is 1. The van der Waals surface area contributed by atoms with Crippen LogP contribution in [0.25, 0.3) is 22.4 Å². The van der Waals surface area contributed by atoms with Gasteiger partial charge in [0.2, 0.25) is 0 Å². The monoisotopic (exact) mass is 210 g/mol. The summed E-state index contributed by atoms with van der Waals surface area (Å²) in [6, 6.07) is 10.8. The summed E-state index contributed by atoms with van der Waals surface area (Å²) in [5, 5.41) is 2.70. The Morgan fingerprint density at radius 1 is 1.12 bits per heavy atom. The van der Waals surface area contributed by atoms with Crippen LogP contribution >= 0.6 is 0 Å². The zero-order chi connectivity index (χ0) is 11.1. The van der Waals surface area contributed by atoms with Gasteiger partial charge in [0, 0.05) is 7.11 Å². The lowest BCUT2D eigenvalue weighted by atomic mass is 9.97. The molecule has 0 atom stereocenters. The molecule has 2 aromatic carbocycles. The fraction of sp³-hybridized carbons (Fsp3) is 0.200. The topological polar surface area (TPSA) is 9.23 Å². The summed E-state index contributed by atoms with van der Waals surface area (Å²) >= 11 is 0. The van der Waals surface area contributed by atoms with Crippen molar-refractivity contribution in [2.24, 2.45) is 0 Å². The van der Waals surface area contributed by atoms with E-state index in [1.165, 1.54) is 33.0 Å². The largest absolute Gasteiger partial charge is 0.380 e. The summed E-state index contributed by atoms with van der Waals surface area (Å²) in [6.07, 6.45) is 2.26. The maximum Gasteiger partial charge on any atom is 0.0719 e. The molecule has 0 amide bonds. The Morgan fingerprint density at radius 2 is 2.00 bits per heavy atom. The first-order chi connectivity index (χ1) is 7.81. The second-order valence-electron chi connectivity index (χ2n) is 4.31. The van der Waals surface area contributed by atoms with Gasteiger partial charge in [-0.05, 0) is 40.0 Å². The molecule has 80 valence electrons. The molecule has 0 aromatic heterocycles. The lowest BCUT2D eigenvalue weighted by Gasteiger charge is -2.09. The lowest BCUT2D eigenvalue weighted by molar-refractivity contribution is 0.185. The summed E-state index contributed by atoms with van der Waals surface area (Å²) in [7, 11) is 1.75. The second-order valence-corrected chi connectivity index (χ2v) is 4.31. The van der Waals surface area contributed by atoms with Crippen LogP contribution in [0.3, 0.4) is 0 Å². The Balaban J connectivity index is 2.38. The zero-order valence-corrected chi connectivity index (χ0v) is 9.58. The number of hydrogen-bond donors (Lipinski definition) is 0. The van der Waals surface area contributed by atoms with Crippen LogP contribution in [0.2, 0.25) is 0 Å². The van der Waals surface area contributed by atoms with Crippen molar-refractivity contribution in [2.75, 3.05) is 7.11 Å². The molecule has 0 fully saturated rings. The first kappa shape index (κ1) is 9.61. The molecule has 0 radical (unpaired) electrons. The van der Waals surface area contributed by atoms with Gasteiger partial charge in [-0.2, -0.15) is 0 Å². The van der Waals surface area contributed by atoms with Gasteiger partial charge < -0.3 is 4.74 Å². The summed E-state index contributed by atoms with van der Waals surface area (Å²) in [4.78, 5) is 0. The Hall–Kier alpha value is -1.60. The fourth-order valence-electron chi connectivity index (χ4n) is 2.60. The minimum absolute atomic E-state index is 0.685. The minimum atomic E-state index is 0.685. The Kier molecular flexibility index (Phi) is 2.08. The predicted molar refractivity (Wildman–Crippen MR) is 68.2 cm³/mol. The van der Waals surface area contributed by atoms with E-state index in [1.807, 2.05) is 0 Å². The molecule has 0 bridgehead atoms.